The molecule has 9 nitrogen and oxygen atoms in total. The Morgan fingerprint density at radius 1 is 1.07 bits per heavy atom. The summed E-state index contributed by atoms with van der Waals surface area (Å²) in [6.07, 6.45) is 0. The lowest BCUT2D eigenvalue weighted by Crippen LogP contribution is -2.28. The second-order valence-corrected chi connectivity index (χ2v) is 5.88. The molecule has 0 spiro atoms. The minimum absolute atomic E-state index is 0.0478. The zero-order valence-electron chi connectivity index (χ0n) is 15.5. The first-order valence-corrected chi connectivity index (χ1v) is 8.39. The number of amides is 1. The fourth-order valence-electron chi connectivity index (χ4n) is 2.35. The van der Waals surface area contributed by atoms with E-state index < -0.39 is 10.8 Å². The van der Waals surface area contributed by atoms with Crippen LogP contribution in [0.15, 0.2) is 30.3 Å². The molecule has 0 aliphatic carbocycles. The van der Waals surface area contributed by atoms with Crippen molar-refractivity contribution in [2.45, 2.75) is 6.54 Å². The van der Waals surface area contributed by atoms with Crippen molar-refractivity contribution >= 4 is 23.2 Å². The maximum absolute atomic E-state index is 12.0. The summed E-state index contributed by atoms with van der Waals surface area (Å²) in [7, 11) is 4.51. The molecule has 0 saturated carbocycles. The van der Waals surface area contributed by atoms with Crippen molar-refractivity contribution in [1.82, 2.24) is 5.32 Å². The summed E-state index contributed by atoms with van der Waals surface area (Å²) in [5, 5.41) is 13.4. The SMILES string of the molecule is COc1cc(CNC(=O)COc2ccc([N+](=O)[O-])cc2Cl)cc(OC)c1OC. The highest BCUT2D eigenvalue weighted by atomic mass is 35.5. The number of nitro benzene ring substituents is 1. The van der Waals surface area contributed by atoms with Gasteiger partial charge in [0.05, 0.1) is 31.3 Å². The van der Waals surface area contributed by atoms with Crippen LogP contribution in [0.5, 0.6) is 23.0 Å². The van der Waals surface area contributed by atoms with E-state index in [-0.39, 0.29) is 29.6 Å². The molecule has 0 aliphatic rings. The van der Waals surface area contributed by atoms with Crippen LogP contribution in [0.3, 0.4) is 0 Å². The average molecular weight is 411 g/mol. The van der Waals surface area contributed by atoms with Crippen molar-refractivity contribution < 1.29 is 28.7 Å². The van der Waals surface area contributed by atoms with Crippen LogP contribution in [0.4, 0.5) is 5.69 Å². The number of nitrogens with one attached hydrogen (secondary N) is 1. The molecule has 0 unspecified atom stereocenters. The molecular weight excluding hydrogens is 392 g/mol. The molecule has 0 aliphatic heterocycles. The molecule has 10 heteroatoms. The van der Waals surface area contributed by atoms with Crippen molar-refractivity contribution in [2.75, 3.05) is 27.9 Å². The highest BCUT2D eigenvalue weighted by Gasteiger charge is 2.14. The maximum Gasteiger partial charge on any atom is 0.271 e. The van der Waals surface area contributed by atoms with Gasteiger partial charge in [-0.1, -0.05) is 11.6 Å². The first-order chi connectivity index (χ1) is 13.4. The summed E-state index contributed by atoms with van der Waals surface area (Å²) < 4.78 is 21.1. The van der Waals surface area contributed by atoms with Crippen LogP contribution < -0.4 is 24.3 Å². The Kier molecular flexibility index (Phi) is 7.28. The lowest BCUT2D eigenvalue weighted by molar-refractivity contribution is -0.384. The second kappa shape index (κ2) is 9.65. The number of methoxy groups -OCH3 is 3. The lowest BCUT2D eigenvalue weighted by Gasteiger charge is -2.14. The number of carbonyl (C=O) groups excluding carboxylic acids is 1. The molecule has 2 aromatic rings. The normalized spacial score (nSPS) is 10.1. The summed E-state index contributed by atoms with van der Waals surface area (Å²) in [6, 6.07) is 7.18. The first kappa shape index (κ1) is 21.1. The summed E-state index contributed by atoms with van der Waals surface area (Å²) in [5.74, 6) is 1.18. The molecular formula is C18H19ClN2O7. The molecule has 2 rings (SSSR count). The molecule has 0 fully saturated rings. The van der Waals surface area contributed by atoms with Crippen LogP contribution in [-0.4, -0.2) is 38.8 Å². The van der Waals surface area contributed by atoms with E-state index in [4.69, 9.17) is 30.5 Å². The van der Waals surface area contributed by atoms with Gasteiger partial charge in [0.1, 0.15) is 5.75 Å². The standard InChI is InChI=1S/C18H19ClN2O7/c1-25-15-6-11(7-16(26-2)18(15)27-3)9-20-17(22)10-28-14-5-4-12(21(23)24)8-13(14)19/h4-8H,9-10H2,1-3H3,(H,20,22). The second-order valence-electron chi connectivity index (χ2n) is 5.47. The van der Waals surface area contributed by atoms with Crippen LogP contribution in [-0.2, 0) is 11.3 Å². The number of halogens is 1. The van der Waals surface area contributed by atoms with Crippen molar-refractivity contribution in [3.63, 3.8) is 0 Å². The van der Waals surface area contributed by atoms with Gasteiger partial charge in [-0.15, -0.1) is 0 Å². The van der Waals surface area contributed by atoms with E-state index in [0.717, 1.165) is 11.6 Å². The largest absolute Gasteiger partial charge is 0.493 e. The van der Waals surface area contributed by atoms with E-state index in [1.54, 1.807) is 12.1 Å². The Morgan fingerprint density at radius 3 is 2.21 bits per heavy atom. The Hall–Kier alpha value is -3.20. The molecule has 1 amide bonds. The van der Waals surface area contributed by atoms with E-state index in [2.05, 4.69) is 5.32 Å². The van der Waals surface area contributed by atoms with Gasteiger partial charge in [0.25, 0.3) is 11.6 Å². The minimum atomic E-state index is -0.570. The number of rotatable bonds is 9. The number of non-ortho nitro benzene ring substituents is 1. The third kappa shape index (κ3) is 5.17. The Morgan fingerprint density at radius 2 is 1.71 bits per heavy atom. The monoisotopic (exact) mass is 410 g/mol. The van der Waals surface area contributed by atoms with Gasteiger partial charge in [0, 0.05) is 18.7 Å². The van der Waals surface area contributed by atoms with Crippen LogP contribution in [0.2, 0.25) is 5.02 Å². The molecule has 150 valence electrons. The molecule has 0 aromatic heterocycles. The number of ether oxygens (including phenoxy) is 4. The fraction of sp³-hybridized carbons (Fsp3) is 0.278. The predicted molar refractivity (Wildman–Crippen MR) is 102 cm³/mol. The van der Waals surface area contributed by atoms with Crippen LogP contribution in [0, 0.1) is 10.1 Å². The van der Waals surface area contributed by atoms with Gasteiger partial charge in [-0.2, -0.15) is 0 Å². The number of nitro groups is 1. The molecule has 28 heavy (non-hydrogen) atoms. The van der Waals surface area contributed by atoms with Crippen molar-refractivity contribution in [2.24, 2.45) is 0 Å². The molecule has 0 saturated heterocycles. The van der Waals surface area contributed by atoms with Gasteiger partial charge in [-0.25, -0.2) is 0 Å². The van der Waals surface area contributed by atoms with Crippen LogP contribution >= 0.6 is 11.6 Å². The smallest absolute Gasteiger partial charge is 0.271 e. The summed E-state index contributed by atoms with van der Waals surface area (Å²) in [4.78, 5) is 22.2. The zero-order valence-corrected chi connectivity index (χ0v) is 16.2. The lowest BCUT2D eigenvalue weighted by atomic mass is 10.1. The highest BCUT2D eigenvalue weighted by molar-refractivity contribution is 6.32. The van der Waals surface area contributed by atoms with Gasteiger partial charge >= 0.3 is 0 Å². The van der Waals surface area contributed by atoms with Gasteiger partial charge in [0.2, 0.25) is 5.75 Å². The van der Waals surface area contributed by atoms with Crippen molar-refractivity contribution in [3.8, 4) is 23.0 Å². The van der Waals surface area contributed by atoms with Crippen LogP contribution in [0.1, 0.15) is 5.56 Å². The number of nitrogens with zero attached hydrogens (tertiary/aromatic N) is 1. The maximum atomic E-state index is 12.0. The Balaban J connectivity index is 1.97. The van der Waals surface area contributed by atoms with Crippen molar-refractivity contribution in [1.29, 1.82) is 0 Å². The van der Waals surface area contributed by atoms with E-state index in [1.165, 1.54) is 33.5 Å². The topological polar surface area (TPSA) is 109 Å². The minimum Gasteiger partial charge on any atom is -0.493 e. The molecule has 0 atom stereocenters. The summed E-state index contributed by atoms with van der Waals surface area (Å²) >= 11 is 5.92. The molecule has 2 aromatic carbocycles. The van der Waals surface area contributed by atoms with Gasteiger partial charge in [-0.05, 0) is 23.8 Å². The fourth-order valence-corrected chi connectivity index (χ4v) is 2.58. The molecule has 0 radical (unpaired) electrons. The first-order valence-electron chi connectivity index (χ1n) is 8.02. The molecule has 0 heterocycles. The van der Waals surface area contributed by atoms with E-state index in [0.29, 0.717) is 17.2 Å². The van der Waals surface area contributed by atoms with Gasteiger partial charge in [-0.3, -0.25) is 14.9 Å². The Labute approximate surface area is 166 Å². The third-order valence-electron chi connectivity index (χ3n) is 3.70. The Bertz CT molecular complexity index is 848. The highest BCUT2D eigenvalue weighted by Crippen LogP contribution is 2.38. The third-order valence-corrected chi connectivity index (χ3v) is 3.99. The van der Waals surface area contributed by atoms with Gasteiger partial charge < -0.3 is 24.3 Å². The number of benzene rings is 2. The van der Waals surface area contributed by atoms with E-state index in [9.17, 15) is 14.9 Å². The predicted octanol–water partition coefficient (Wildman–Crippen LogP) is 2.97. The average Bonchev–Trinajstić information content (AvgIpc) is 2.70. The zero-order chi connectivity index (χ0) is 20.7. The molecule has 1 N–H and O–H groups in total. The van der Waals surface area contributed by atoms with Crippen LogP contribution in [0.25, 0.3) is 0 Å². The molecule has 0 bridgehead atoms. The van der Waals surface area contributed by atoms with Crippen molar-refractivity contribution in [3.05, 3.63) is 51.0 Å². The van der Waals surface area contributed by atoms with Gasteiger partial charge in [0.15, 0.2) is 18.1 Å². The quantitative estimate of drug-likeness (QED) is 0.500. The summed E-state index contributed by atoms with van der Waals surface area (Å²) in [5.41, 5.74) is 0.570. The number of hydrogen-bond acceptors (Lipinski definition) is 7. The van der Waals surface area contributed by atoms with E-state index in [1.807, 2.05) is 0 Å². The van der Waals surface area contributed by atoms with E-state index >= 15 is 0 Å². The number of hydrogen-bond donors (Lipinski definition) is 1. The number of carbonyl (C=O) groups is 1. The summed E-state index contributed by atoms with van der Waals surface area (Å²) in [6.45, 7) is -0.102.